The van der Waals surface area contributed by atoms with E-state index in [0.717, 1.165) is 4.90 Å². The molecular weight excluding hydrogens is 398 g/mol. The van der Waals surface area contributed by atoms with Crippen LogP contribution in [-0.2, 0) is 29.0 Å². The molecule has 2 aliphatic rings. The summed E-state index contributed by atoms with van der Waals surface area (Å²) in [6.45, 7) is 0.605. The number of nitrogens with two attached hydrogens (primary N) is 1. The molecule has 0 unspecified atom stereocenters. The van der Waals surface area contributed by atoms with Crippen molar-refractivity contribution in [3.05, 3.63) is 29.3 Å². The second kappa shape index (κ2) is 7.89. The zero-order valence-corrected chi connectivity index (χ0v) is 15.6. The number of urea groups is 1. The molecule has 12 nitrogen and oxygen atoms in total. The molecule has 2 bridgehead atoms. The van der Waals surface area contributed by atoms with Gasteiger partial charge in [0.25, 0.3) is 0 Å². The number of amides is 3. The van der Waals surface area contributed by atoms with Gasteiger partial charge in [-0.15, -0.1) is 4.28 Å². The second-order valence-electron chi connectivity index (χ2n) is 6.04. The van der Waals surface area contributed by atoms with Gasteiger partial charge in [0.1, 0.15) is 17.8 Å². The molecule has 13 heteroatoms. The van der Waals surface area contributed by atoms with Gasteiger partial charge in [-0.3, -0.25) is 9.35 Å². The number of primary amides is 1. The van der Waals surface area contributed by atoms with Gasteiger partial charge in [-0.1, -0.05) is 6.07 Å². The van der Waals surface area contributed by atoms with Crippen LogP contribution in [0.4, 0.5) is 4.79 Å². The Labute approximate surface area is 160 Å². The van der Waals surface area contributed by atoms with Crippen molar-refractivity contribution >= 4 is 22.3 Å². The van der Waals surface area contributed by atoms with Crippen LogP contribution in [0.2, 0.25) is 0 Å². The third-order valence-corrected chi connectivity index (χ3v) is 4.64. The van der Waals surface area contributed by atoms with Crippen LogP contribution in [0.5, 0.6) is 5.75 Å². The van der Waals surface area contributed by atoms with E-state index < -0.39 is 34.4 Å². The summed E-state index contributed by atoms with van der Waals surface area (Å²) in [4.78, 5) is 25.5. The van der Waals surface area contributed by atoms with Gasteiger partial charge in [-0.25, -0.2) is 4.79 Å². The Morgan fingerprint density at radius 3 is 2.71 bits per heavy atom. The number of benzene rings is 1. The van der Waals surface area contributed by atoms with Crippen LogP contribution in [0.1, 0.15) is 23.2 Å². The first kappa shape index (κ1) is 20.3. The average molecular weight is 417 g/mol. The van der Waals surface area contributed by atoms with Crippen molar-refractivity contribution in [3.63, 3.8) is 0 Å². The molecule has 28 heavy (non-hydrogen) atoms. The predicted octanol–water partition coefficient (Wildman–Crippen LogP) is -0.261. The minimum atomic E-state index is -4.95. The van der Waals surface area contributed by atoms with Gasteiger partial charge in [0.05, 0.1) is 19.8 Å². The minimum absolute atomic E-state index is 0.0528. The number of rotatable bonds is 9. The molecule has 0 aliphatic carbocycles. The van der Waals surface area contributed by atoms with Crippen LogP contribution in [0.3, 0.4) is 0 Å². The van der Waals surface area contributed by atoms with Crippen LogP contribution >= 0.6 is 0 Å². The summed E-state index contributed by atoms with van der Waals surface area (Å²) in [5, 5.41) is 0.496. The first-order chi connectivity index (χ1) is 13.2. The minimum Gasteiger partial charge on any atom is -0.468 e. The molecule has 154 valence electrons. The number of nitrogens with zero attached hydrogens (tertiary/aromatic N) is 2. The highest BCUT2D eigenvalue weighted by atomic mass is 32.3. The lowest BCUT2D eigenvalue weighted by Crippen LogP contribution is -2.41. The molecular formula is C15H19N3O9S. The lowest BCUT2D eigenvalue weighted by atomic mass is 9.90. The maximum absolute atomic E-state index is 12.5. The summed E-state index contributed by atoms with van der Waals surface area (Å²) >= 11 is 0. The van der Waals surface area contributed by atoms with E-state index in [0.29, 0.717) is 35.2 Å². The van der Waals surface area contributed by atoms with Crippen molar-refractivity contribution in [1.29, 1.82) is 0 Å². The Kier molecular flexibility index (Phi) is 5.71. The molecule has 1 saturated heterocycles. The largest absolute Gasteiger partial charge is 0.468 e. The number of hydroxylamine groups is 2. The molecule has 0 saturated carbocycles. The highest BCUT2D eigenvalue weighted by Crippen LogP contribution is 2.45. The molecule has 3 N–H and O–H groups in total. The number of hydrogen-bond acceptors (Lipinski definition) is 8. The highest BCUT2D eigenvalue weighted by molar-refractivity contribution is 7.80. The topological polar surface area (TPSA) is 158 Å². The summed E-state index contributed by atoms with van der Waals surface area (Å²) in [7, 11) is -3.42. The van der Waals surface area contributed by atoms with Crippen molar-refractivity contribution in [1.82, 2.24) is 9.96 Å². The number of methoxy groups -OCH3 is 1. The lowest BCUT2D eigenvalue weighted by Gasteiger charge is -2.30. The highest BCUT2D eigenvalue weighted by Gasteiger charge is 2.51. The van der Waals surface area contributed by atoms with E-state index in [1.165, 1.54) is 13.2 Å². The van der Waals surface area contributed by atoms with Crippen molar-refractivity contribution in [2.24, 2.45) is 5.73 Å². The summed E-state index contributed by atoms with van der Waals surface area (Å²) < 4.78 is 51.2. The maximum atomic E-state index is 12.5. The number of fused-ring (bicyclic) bond motifs is 4. The molecule has 0 radical (unpaired) electrons. The summed E-state index contributed by atoms with van der Waals surface area (Å²) in [5.74, 6) is -0.433. The first-order valence-electron chi connectivity index (χ1n) is 8.12. The fourth-order valence-corrected chi connectivity index (χ4v) is 3.56. The van der Waals surface area contributed by atoms with Gasteiger partial charge in [0, 0.05) is 7.11 Å². The molecule has 0 spiro atoms. The Morgan fingerprint density at radius 1 is 1.32 bits per heavy atom. The van der Waals surface area contributed by atoms with E-state index in [4.69, 9.17) is 24.5 Å². The van der Waals surface area contributed by atoms with E-state index >= 15 is 0 Å². The zero-order chi connectivity index (χ0) is 20.5. The SMILES string of the molecule is COCCOCOc1ccc2c(c1)[C@H]1CN(C(=O)N1OS(=O)(=O)O)[C@H]2C(N)=O. The van der Waals surface area contributed by atoms with Gasteiger partial charge >= 0.3 is 16.4 Å². The number of carbonyl (C=O) groups excluding carboxylic acids is 2. The Hall–Kier alpha value is -2.45. The molecule has 0 aromatic heterocycles. The fourth-order valence-electron chi connectivity index (χ4n) is 3.19. The lowest BCUT2D eigenvalue weighted by molar-refractivity contribution is -0.122. The summed E-state index contributed by atoms with van der Waals surface area (Å²) in [5.41, 5.74) is 6.26. The maximum Gasteiger partial charge on any atom is 0.418 e. The first-order valence-corrected chi connectivity index (χ1v) is 9.49. The standard InChI is InChI=1S/C15H19N3O9S/c1-24-4-5-25-8-26-9-2-3-10-11(6-9)12-7-17(13(10)14(16)19)15(20)18(12)27-28(21,22)23/h2-3,6,12-13H,4-5,7-8H2,1H3,(H2,16,19)(H,21,22,23)/t12-,13-/m1/s1. The zero-order valence-electron chi connectivity index (χ0n) is 14.8. The number of carbonyl (C=O) groups is 2. The van der Waals surface area contributed by atoms with Gasteiger partial charge in [-0.05, 0) is 23.3 Å². The smallest absolute Gasteiger partial charge is 0.418 e. The quantitative estimate of drug-likeness (QED) is 0.314. The van der Waals surface area contributed by atoms with Crippen molar-refractivity contribution in [3.8, 4) is 5.75 Å². The number of hydrogen-bond donors (Lipinski definition) is 2. The second-order valence-corrected chi connectivity index (χ2v) is 7.04. The van der Waals surface area contributed by atoms with Crippen LogP contribution in [0.25, 0.3) is 0 Å². The van der Waals surface area contributed by atoms with Gasteiger partial charge in [0.15, 0.2) is 6.79 Å². The Balaban J connectivity index is 1.89. The van der Waals surface area contributed by atoms with E-state index in [1.54, 1.807) is 12.1 Å². The molecule has 2 aliphatic heterocycles. The normalized spacial score (nSPS) is 21.0. The van der Waals surface area contributed by atoms with Crippen LogP contribution in [0.15, 0.2) is 18.2 Å². The van der Waals surface area contributed by atoms with Gasteiger partial charge < -0.3 is 24.8 Å². The molecule has 2 atom stereocenters. The predicted molar refractivity (Wildman–Crippen MR) is 91.0 cm³/mol. The van der Waals surface area contributed by atoms with Gasteiger partial charge in [0.2, 0.25) is 5.91 Å². The molecule has 1 aromatic carbocycles. The summed E-state index contributed by atoms with van der Waals surface area (Å²) in [6.07, 6.45) is 0. The number of ether oxygens (including phenoxy) is 3. The van der Waals surface area contributed by atoms with E-state index in [1.807, 2.05) is 0 Å². The van der Waals surface area contributed by atoms with E-state index in [-0.39, 0.29) is 13.3 Å². The van der Waals surface area contributed by atoms with Crippen molar-refractivity contribution in [2.75, 3.05) is 33.7 Å². The molecule has 3 amide bonds. The van der Waals surface area contributed by atoms with Crippen molar-refractivity contribution < 1.29 is 41.1 Å². The van der Waals surface area contributed by atoms with E-state index in [9.17, 15) is 18.0 Å². The fraction of sp³-hybridized carbons (Fsp3) is 0.467. The Bertz CT molecular complexity index is 876. The third-order valence-electron chi connectivity index (χ3n) is 4.30. The Morgan fingerprint density at radius 2 is 2.07 bits per heavy atom. The van der Waals surface area contributed by atoms with Crippen LogP contribution in [-0.4, -0.2) is 68.5 Å². The molecule has 1 fully saturated rings. The van der Waals surface area contributed by atoms with E-state index in [2.05, 4.69) is 4.28 Å². The molecule has 1 aromatic rings. The molecule has 3 rings (SSSR count). The van der Waals surface area contributed by atoms with Crippen LogP contribution in [0, 0.1) is 0 Å². The van der Waals surface area contributed by atoms with Crippen molar-refractivity contribution in [2.45, 2.75) is 12.1 Å². The third kappa shape index (κ3) is 4.02. The summed E-state index contributed by atoms with van der Waals surface area (Å²) in [6, 6.07) is 1.75. The van der Waals surface area contributed by atoms with Crippen LogP contribution < -0.4 is 10.5 Å². The monoisotopic (exact) mass is 417 g/mol. The average Bonchev–Trinajstić information content (AvgIpc) is 2.87. The molecule has 2 heterocycles. The van der Waals surface area contributed by atoms with Gasteiger partial charge in [-0.2, -0.15) is 13.5 Å².